The van der Waals surface area contributed by atoms with Gasteiger partial charge in [0.1, 0.15) is 11.9 Å². The number of aryl methyl sites for hydroxylation is 1. The molecule has 1 unspecified atom stereocenters. The molecule has 0 saturated carbocycles. The Morgan fingerprint density at radius 3 is 2.50 bits per heavy atom. The first kappa shape index (κ1) is 13.6. The summed E-state index contributed by atoms with van der Waals surface area (Å²) in [5, 5.41) is 9.19. The van der Waals surface area contributed by atoms with E-state index in [0.717, 1.165) is 0 Å². The largest absolute Gasteiger partial charge is 0.353 e. The minimum atomic E-state index is -0.890. The standard InChI is InChI=1S/C13H15N5O2/c1-18-8-7-10(17-18)15-11(12(19)16-13(14)20)9-5-3-2-4-6-9/h2-8,11H,1H3,(H,15,17)(H3,14,16,19,20). The van der Waals surface area contributed by atoms with Crippen molar-refractivity contribution in [1.82, 2.24) is 15.1 Å². The number of nitrogens with one attached hydrogen (secondary N) is 2. The molecule has 0 bridgehead atoms. The first-order chi connectivity index (χ1) is 9.56. The van der Waals surface area contributed by atoms with Crippen LogP contribution >= 0.6 is 0 Å². The van der Waals surface area contributed by atoms with E-state index in [1.165, 1.54) is 0 Å². The zero-order valence-electron chi connectivity index (χ0n) is 10.9. The molecule has 0 aliphatic rings. The third kappa shape index (κ3) is 3.35. The molecule has 0 spiro atoms. The Morgan fingerprint density at radius 2 is 1.95 bits per heavy atom. The van der Waals surface area contributed by atoms with E-state index >= 15 is 0 Å². The quantitative estimate of drug-likeness (QED) is 0.765. The van der Waals surface area contributed by atoms with Gasteiger partial charge >= 0.3 is 6.03 Å². The minimum Gasteiger partial charge on any atom is -0.353 e. The van der Waals surface area contributed by atoms with E-state index in [1.54, 1.807) is 48.3 Å². The van der Waals surface area contributed by atoms with Gasteiger partial charge in [0, 0.05) is 19.3 Å². The molecule has 3 amide bonds. The van der Waals surface area contributed by atoms with Gasteiger partial charge in [-0.3, -0.25) is 14.8 Å². The van der Waals surface area contributed by atoms with Crippen LogP contribution in [0.5, 0.6) is 0 Å². The zero-order chi connectivity index (χ0) is 14.5. The van der Waals surface area contributed by atoms with E-state index in [1.807, 2.05) is 6.07 Å². The maximum atomic E-state index is 12.1. The fourth-order valence-electron chi connectivity index (χ4n) is 1.78. The topological polar surface area (TPSA) is 102 Å². The summed E-state index contributed by atoms with van der Waals surface area (Å²) in [5.41, 5.74) is 5.69. The van der Waals surface area contributed by atoms with Crippen LogP contribution in [0.2, 0.25) is 0 Å². The summed E-state index contributed by atoms with van der Waals surface area (Å²) in [4.78, 5) is 22.9. The number of carbonyl (C=O) groups excluding carboxylic acids is 2. The lowest BCUT2D eigenvalue weighted by Gasteiger charge is -2.17. The van der Waals surface area contributed by atoms with Crippen molar-refractivity contribution in [3.05, 3.63) is 48.2 Å². The van der Waals surface area contributed by atoms with Gasteiger partial charge in [0.2, 0.25) is 0 Å². The highest BCUT2D eigenvalue weighted by Crippen LogP contribution is 2.18. The minimum absolute atomic E-state index is 0.529. The van der Waals surface area contributed by atoms with Crippen molar-refractivity contribution in [3.63, 3.8) is 0 Å². The maximum absolute atomic E-state index is 12.1. The maximum Gasteiger partial charge on any atom is 0.318 e. The van der Waals surface area contributed by atoms with Gasteiger partial charge in [0.15, 0.2) is 0 Å². The number of nitrogens with zero attached hydrogens (tertiary/aromatic N) is 2. The van der Waals surface area contributed by atoms with Gasteiger partial charge in [-0.25, -0.2) is 4.79 Å². The van der Waals surface area contributed by atoms with Gasteiger partial charge < -0.3 is 11.1 Å². The molecule has 0 fully saturated rings. The van der Waals surface area contributed by atoms with E-state index in [9.17, 15) is 9.59 Å². The lowest BCUT2D eigenvalue weighted by atomic mass is 10.1. The predicted octanol–water partition coefficient (Wildman–Crippen LogP) is 0.768. The Balaban J connectivity index is 2.24. The summed E-state index contributed by atoms with van der Waals surface area (Å²) < 4.78 is 1.61. The number of primary amides is 1. The zero-order valence-corrected chi connectivity index (χ0v) is 10.9. The lowest BCUT2D eigenvalue weighted by molar-refractivity contribution is -0.120. The van der Waals surface area contributed by atoms with Crippen molar-refractivity contribution in [2.45, 2.75) is 6.04 Å². The summed E-state index contributed by atoms with van der Waals surface area (Å²) in [5.74, 6) is -0.00433. The van der Waals surface area contributed by atoms with Crippen LogP contribution in [0, 0.1) is 0 Å². The number of aromatic nitrogens is 2. The average Bonchev–Trinajstić information content (AvgIpc) is 2.81. The highest BCUT2D eigenvalue weighted by molar-refractivity contribution is 5.98. The molecule has 1 atom stereocenters. The summed E-state index contributed by atoms with van der Waals surface area (Å²) >= 11 is 0. The van der Waals surface area contributed by atoms with Gasteiger partial charge in [-0.1, -0.05) is 30.3 Å². The Kier molecular flexibility index (Phi) is 3.99. The molecule has 0 saturated heterocycles. The van der Waals surface area contributed by atoms with Crippen molar-refractivity contribution in [3.8, 4) is 0 Å². The SMILES string of the molecule is Cn1ccc(NC(C(=O)NC(N)=O)c2ccccc2)n1. The summed E-state index contributed by atoms with van der Waals surface area (Å²) in [6.45, 7) is 0. The Labute approximate surface area is 115 Å². The number of nitrogens with two attached hydrogens (primary N) is 1. The molecule has 1 aromatic heterocycles. The Morgan fingerprint density at radius 1 is 1.25 bits per heavy atom. The molecular formula is C13H15N5O2. The van der Waals surface area contributed by atoms with Gasteiger partial charge in [-0.15, -0.1) is 0 Å². The van der Waals surface area contributed by atoms with E-state index in [2.05, 4.69) is 15.7 Å². The number of benzene rings is 1. The van der Waals surface area contributed by atoms with Crippen molar-refractivity contribution < 1.29 is 9.59 Å². The van der Waals surface area contributed by atoms with Crippen molar-refractivity contribution in [2.75, 3.05) is 5.32 Å². The van der Waals surface area contributed by atoms with Crippen LogP contribution in [0.15, 0.2) is 42.6 Å². The van der Waals surface area contributed by atoms with Gasteiger partial charge in [0.25, 0.3) is 5.91 Å². The lowest BCUT2D eigenvalue weighted by Crippen LogP contribution is -2.40. The number of anilines is 1. The van der Waals surface area contributed by atoms with Crippen molar-refractivity contribution in [1.29, 1.82) is 0 Å². The van der Waals surface area contributed by atoms with Gasteiger partial charge in [-0.2, -0.15) is 5.10 Å². The second kappa shape index (κ2) is 5.87. The molecule has 0 aliphatic heterocycles. The molecule has 4 N–H and O–H groups in total. The number of amides is 3. The number of carbonyl (C=O) groups is 2. The summed E-state index contributed by atoms with van der Waals surface area (Å²) in [7, 11) is 1.77. The van der Waals surface area contributed by atoms with Crippen LogP contribution in [-0.2, 0) is 11.8 Å². The Hall–Kier alpha value is -2.83. The molecule has 1 aromatic carbocycles. The first-order valence-electron chi connectivity index (χ1n) is 5.97. The van der Waals surface area contributed by atoms with Crippen LogP contribution in [0.3, 0.4) is 0 Å². The Bertz CT molecular complexity index is 608. The van der Waals surface area contributed by atoms with Crippen LogP contribution in [0.25, 0.3) is 0 Å². The fourth-order valence-corrected chi connectivity index (χ4v) is 1.78. The average molecular weight is 273 g/mol. The van der Waals surface area contributed by atoms with Gasteiger partial charge in [0.05, 0.1) is 0 Å². The highest BCUT2D eigenvalue weighted by Gasteiger charge is 2.22. The predicted molar refractivity (Wildman–Crippen MR) is 73.7 cm³/mol. The number of imide groups is 1. The molecule has 20 heavy (non-hydrogen) atoms. The first-order valence-corrected chi connectivity index (χ1v) is 5.97. The number of rotatable bonds is 4. The second-order valence-electron chi connectivity index (χ2n) is 4.22. The second-order valence-corrected chi connectivity index (χ2v) is 4.22. The van der Waals surface area contributed by atoms with Crippen LogP contribution in [-0.4, -0.2) is 21.7 Å². The molecule has 7 heteroatoms. The molecule has 2 rings (SSSR count). The third-order valence-corrected chi connectivity index (χ3v) is 2.65. The summed E-state index contributed by atoms with van der Waals surface area (Å²) in [6.07, 6.45) is 1.75. The van der Waals surface area contributed by atoms with E-state index < -0.39 is 18.0 Å². The van der Waals surface area contributed by atoms with Crippen molar-refractivity contribution in [2.24, 2.45) is 12.8 Å². The summed E-state index contributed by atoms with van der Waals surface area (Å²) in [6, 6.07) is 9.10. The molecule has 1 heterocycles. The molecule has 0 aliphatic carbocycles. The van der Waals surface area contributed by atoms with E-state index in [0.29, 0.717) is 11.4 Å². The molecule has 7 nitrogen and oxygen atoms in total. The van der Waals surface area contributed by atoms with Crippen LogP contribution < -0.4 is 16.4 Å². The number of hydrogen-bond acceptors (Lipinski definition) is 4. The van der Waals surface area contributed by atoms with Crippen LogP contribution in [0.4, 0.5) is 10.6 Å². The smallest absolute Gasteiger partial charge is 0.318 e. The molecule has 0 radical (unpaired) electrons. The molecule has 2 aromatic rings. The molecular weight excluding hydrogens is 258 g/mol. The van der Waals surface area contributed by atoms with Crippen molar-refractivity contribution >= 4 is 17.8 Å². The van der Waals surface area contributed by atoms with E-state index in [-0.39, 0.29) is 0 Å². The fraction of sp³-hybridized carbons (Fsp3) is 0.154. The molecule has 104 valence electrons. The van der Waals surface area contributed by atoms with Crippen LogP contribution in [0.1, 0.15) is 11.6 Å². The van der Waals surface area contributed by atoms with E-state index in [4.69, 9.17) is 5.73 Å². The third-order valence-electron chi connectivity index (χ3n) is 2.65. The number of urea groups is 1. The normalized spacial score (nSPS) is 11.7. The van der Waals surface area contributed by atoms with Gasteiger partial charge in [-0.05, 0) is 5.56 Å². The highest BCUT2D eigenvalue weighted by atomic mass is 16.2. The monoisotopic (exact) mass is 273 g/mol. The number of hydrogen-bond donors (Lipinski definition) is 3.